The SMILES string of the molecule is Nc1cc(CC(O)C2(c3ccccc3)CCC2)ccn1. The third-order valence-electron chi connectivity index (χ3n) is 4.51. The Morgan fingerprint density at radius 1 is 1.20 bits per heavy atom. The molecule has 3 N–H and O–H groups in total. The largest absolute Gasteiger partial charge is 0.392 e. The fraction of sp³-hybridized carbons (Fsp3) is 0.353. The Bertz CT molecular complexity index is 579. The number of nitrogens with two attached hydrogens (primary N) is 1. The summed E-state index contributed by atoms with van der Waals surface area (Å²) in [6.45, 7) is 0. The van der Waals surface area contributed by atoms with Crippen LogP contribution in [0.15, 0.2) is 48.7 Å². The summed E-state index contributed by atoms with van der Waals surface area (Å²) in [7, 11) is 0. The summed E-state index contributed by atoms with van der Waals surface area (Å²) in [4.78, 5) is 4.00. The average molecular weight is 268 g/mol. The normalized spacial score (nSPS) is 18.2. The fourth-order valence-corrected chi connectivity index (χ4v) is 3.18. The summed E-state index contributed by atoms with van der Waals surface area (Å²) >= 11 is 0. The molecule has 20 heavy (non-hydrogen) atoms. The molecule has 3 heteroatoms. The molecule has 1 saturated carbocycles. The highest BCUT2D eigenvalue weighted by atomic mass is 16.3. The molecule has 3 nitrogen and oxygen atoms in total. The van der Waals surface area contributed by atoms with Crippen LogP contribution in [0.4, 0.5) is 5.82 Å². The van der Waals surface area contributed by atoms with Crippen molar-refractivity contribution < 1.29 is 5.11 Å². The van der Waals surface area contributed by atoms with Gasteiger partial charge in [-0.1, -0.05) is 36.8 Å². The van der Waals surface area contributed by atoms with Gasteiger partial charge in [-0.25, -0.2) is 4.98 Å². The van der Waals surface area contributed by atoms with E-state index in [-0.39, 0.29) is 11.5 Å². The van der Waals surface area contributed by atoms with Crippen LogP contribution in [0.3, 0.4) is 0 Å². The van der Waals surface area contributed by atoms with Crippen molar-refractivity contribution in [1.82, 2.24) is 4.98 Å². The fourth-order valence-electron chi connectivity index (χ4n) is 3.18. The molecule has 0 amide bonds. The van der Waals surface area contributed by atoms with Crippen LogP contribution in [0.2, 0.25) is 0 Å². The van der Waals surface area contributed by atoms with E-state index in [1.54, 1.807) is 6.20 Å². The summed E-state index contributed by atoms with van der Waals surface area (Å²) in [5, 5.41) is 10.8. The molecular formula is C17H20N2O. The lowest BCUT2D eigenvalue weighted by Crippen LogP contribution is -2.46. The van der Waals surface area contributed by atoms with Gasteiger partial charge in [0.1, 0.15) is 5.82 Å². The van der Waals surface area contributed by atoms with E-state index in [1.807, 2.05) is 30.3 Å². The number of nitrogens with zero attached hydrogens (tertiary/aromatic N) is 1. The van der Waals surface area contributed by atoms with Gasteiger partial charge in [-0.15, -0.1) is 0 Å². The lowest BCUT2D eigenvalue weighted by molar-refractivity contribution is 0.0286. The first-order chi connectivity index (χ1) is 9.71. The predicted octanol–water partition coefficient (Wildman–Crippen LogP) is 2.69. The summed E-state index contributed by atoms with van der Waals surface area (Å²) in [5.74, 6) is 0.511. The molecule has 1 heterocycles. The van der Waals surface area contributed by atoms with Gasteiger partial charge in [0.05, 0.1) is 6.10 Å². The minimum Gasteiger partial charge on any atom is -0.392 e. The molecule has 1 aliphatic carbocycles. The molecule has 1 unspecified atom stereocenters. The van der Waals surface area contributed by atoms with Crippen LogP contribution in [-0.4, -0.2) is 16.2 Å². The number of rotatable bonds is 4. The van der Waals surface area contributed by atoms with Crippen molar-refractivity contribution >= 4 is 5.82 Å². The van der Waals surface area contributed by atoms with Gasteiger partial charge in [0, 0.05) is 11.6 Å². The molecule has 1 atom stereocenters. The van der Waals surface area contributed by atoms with Crippen molar-refractivity contribution in [2.45, 2.75) is 37.2 Å². The highest BCUT2D eigenvalue weighted by Gasteiger charge is 2.44. The van der Waals surface area contributed by atoms with Crippen LogP contribution in [0.5, 0.6) is 0 Å². The third-order valence-corrected chi connectivity index (χ3v) is 4.51. The van der Waals surface area contributed by atoms with Gasteiger partial charge < -0.3 is 10.8 Å². The summed E-state index contributed by atoms with van der Waals surface area (Å²) in [5.41, 5.74) is 7.92. The molecule has 1 aromatic heterocycles. The number of aromatic nitrogens is 1. The van der Waals surface area contributed by atoms with Gasteiger partial charge >= 0.3 is 0 Å². The van der Waals surface area contributed by atoms with Crippen molar-refractivity contribution in [3.05, 3.63) is 59.8 Å². The van der Waals surface area contributed by atoms with E-state index < -0.39 is 0 Å². The Kier molecular flexibility index (Phi) is 3.45. The maximum absolute atomic E-state index is 10.8. The molecule has 0 saturated heterocycles. The molecule has 0 spiro atoms. The molecule has 1 aliphatic rings. The highest BCUT2D eigenvalue weighted by Crippen LogP contribution is 2.47. The number of pyridine rings is 1. The summed E-state index contributed by atoms with van der Waals surface area (Å²) in [6, 6.07) is 14.1. The minimum absolute atomic E-state index is 0.0840. The average Bonchev–Trinajstić information content (AvgIpc) is 2.38. The van der Waals surface area contributed by atoms with E-state index in [0.29, 0.717) is 12.2 Å². The first-order valence-corrected chi connectivity index (χ1v) is 7.15. The van der Waals surface area contributed by atoms with E-state index >= 15 is 0 Å². The first kappa shape index (κ1) is 13.1. The second-order valence-corrected chi connectivity index (χ2v) is 5.68. The molecular weight excluding hydrogens is 248 g/mol. The number of anilines is 1. The van der Waals surface area contributed by atoms with Crippen molar-refractivity contribution in [2.24, 2.45) is 0 Å². The molecule has 1 aromatic carbocycles. The molecule has 0 aliphatic heterocycles. The monoisotopic (exact) mass is 268 g/mol. The predicted molar refractivity (Wildman–Crippen MR) is 80.3 cm³/mol. The number of benzene rings is 1. The third kappa shape index (κ3) is 2.29. The number of aliphatic hydroxyl groups excluding tert-OH is 1. The van der Waals surface area contributed by atoms with E-state index in [2.05, 4.69) is 17.1 Å². The number of hydrogen-bond donors (Lipinski definition) is 2. The second-order valence-electron chi connectivity index (χ2n) is 5.68. The van der Waals surface area contributed by atoms with Gasteiger partial charge in [-0.05, 0) is 42.5 Å². The lowest BCUT2D eigenvalue weighted by atomic mass is 9.60. The van der Waals surface area contributed by atoms with Crippen LogP contribution in [0, 0.1) is 0 Å². The van der Waals surface area contributed by atoms with Gasteiger partial charge in [0.15, 0.2) is 0 Å². The van der Waals surface area contributed by atoms with E-state index in [0.717, 1.165) is 18.4 Å². The van der Waals surface area contributed by atoms with E-state index in [9.17, 15) is 5.11 Å². The van der Waals surface area contributed by atoms with Crippen LogP contribution < -0.4 is 5.73 Å². The second kappa shape index (κ2) is 5.25. The van der Waals surface area contributed by atoms with E-state index in [1.165, 1.54) is 12.0 Å². The Labute approximate surface area is 119 Å². The Hall–Kier alpha value is -1.87. The lowest BCUT2D eigenvalue weighted by Gasteiger charge is -2.46. The number of aliphatic hydroxyl groups is 1. The maximum Gasteiger partial charge on any atom is 0.123 e. The number of nitrogen functional groups attached to an aromatic ring is 1. The first-order valence-electron chi connectivity index (χ1n) is 7.15. The van der Waals surface area contributed by atoms with Crippen LogP contribution >= 0.6 is 0 Å². The molecule has 0 radical (unpaired) electrons. The van der Waals surface area contributed by atoms with Gasteiger partial charge in [0.2, 0.25) is 0 Å². The minimum atomic E-state index is -0.375. The zero-order chi connectivity index (χ0) is 14.0. The molecule has 104 valence electrons. The van der Waals surface area contributed by atoms with Crippen LogP contribution in [0.25, 0.3) is 0 Å². The number of hydrogen-bond acceptors (Lipinski definition) is 3. The standard InChI is InChI=1S/C17H20N2O/c18-16-12-13(7-10-19-16)11-15(20)17(8-4-9-17)14-5-2-1-3-6-14/h1-3,5-7,10,12,15,20H,4,8-9,11H2,(H2,18,19). The molecule has 0 bridgehead atoms. The Balaban J connectivity index is 1.83. The molecule has 3 rings (SSSR count). The van der Waals surface area contributed by atoms with Gasteiger partial charge in [-0.2, -0.15) is 0 Å². The van der Waals surface area contributed by atoms with Gasteiger partial charge in [-0.3, -0.25) is 0 Å². The van der Waals surface area contributed by atoms with Crippen LogP contribution in [-0.2, 0) is 11.8 Å². The topological polar surface area (TPSA) is 59.1 Å². The zero-order valence-electron chi connectivity index (χ0n) is 11.5. The van der Waals surface area contributed by atoms with E-state index in [4.69, 9.17) is 5.73 Å². The van der Waals surface area contributed by atoms with Crippen molar-refractivity contribution in [3.63, 3.8) is 0 Å². The summed E-state index contributed by atoms with van der Waals surface area (Å²) in [6.07, 6.45) is 5.25. The van der Waals surface area contributed by atoms with Gasteiger partial charge in [0.25, 0.3) is 0 Å². The molecule has 2 aromatic rings. The summed E-state index contributed by atoms with van der Waals surface area (Å²) < 4.78 is 0. The van der Waals surface area contributed by atoms with Crippen LogP contribution in [0.1, 0.15) is 30.4 Å². The highest BCUT2D eigenvalue weighted by molar-refractivity contribution is 5.34. The quantitative estimate of drug-likeness (QED) is 0.896. The smallest absolute Gasteiger partial charge is 0.123 e. The Morgan fingerprint density at radius 3 is 2.55 bits per heavy atom. The maximum atomic E-state index is 10.8. The van der Waals surface area contributed by atoms with Crippen molar-refractivity contribution in [1.29, 1.82) is 0 Å². The zero-order valence-corrected chi connectivity index (χ0v) is 11.5. The Morgan fingerprint density at radius 2 is 1.95 bits per heavy atom. The van der Waals surface area contributed by atoms with Crippen molar-refractivity contribution in [3.8, 4) is 0 Å². The molecule has 1 fully saturated rings. The van der Waals surface area contributed by atoms with Crippen molar-refractivity contribution in [2.75, 3.05) is 5.73 Å².